The van der Waals surface area contributed by atoms with Gasteiger partial charge in [-0.15, -0.1) is 11.3 Å². The number of carboxylic acids is 1. The maximum Gasteiger partial charge on any atom is 0.373 e. The van der Waals surface area contributed by atoms with Gasteiger partial charge in [0, 0.05) is 11.4 Å². The SMILES string of the molecule is CB(O)NCc1ccccc1-c1ccc(C(=O)O)s1. The molecule has 19 heavy (non-hydrogen) atoms. The van der Waals surface area contributed by atoms with Crippen LogP contribution < -0.4 is 5.23 Å². The molecule has 0 amide bonds. The second-order valence-electron chi connectivity index (χ2n) is 4.18. The summed E-state index contributed by atoms with van der Waals surface area (Å²) in [6, 6.07) is 11.2. The lowest BCUT2D eigenvalue weighted by Gasteiger charge is -2.09. The number of hydrogen-bond donors (Lipinski definition) is 3. The largest absolute Gasteiger partial charge is 0.477 e. The van der Waals surface area contributed by atoms with Crippen LogP contribution in [0, 0.1) is 0 Å². The average molecular weight is 275 g/mol. The van der Waals surface area contributed by atoms with Crippen molar-refractivity contribution in [3.8, 4) is 10.4 Å². The third-order valence-corrected chi connectivity index (χ3v) is 3.79. The molecule has 0 bridgehead atoms. The van der Waals surface area contributed by atoms with E-state index in [1.165, 1.54) is 11.3 Å². The standard InChI is InChI=1S/C13H14BNO3S/c1-14(18)15-8-9-4-2-3-5-10(9)11-6-7-12(19-11)13(16)17/h2-7,15,18H,8H2,1H3,(H,16,17). The van der Waals surface area contributed by atoms with Gasteiger partial charge in [0.2, 0.25) is 0 Å². The van der Waals surface area contributed by atoms with Crippen molar-refractivity contribution in [2.24, 2.45) is 0 Å². The van der Waals surface area contributed by atoms with E-state index < -0.39 is 13.0 Å². The van der Waals surface area contributed by atoms with Crippen LogP contribution >= 0.6 is 11.3 Å². The molecule has 3 N–H and O–H groups in total. The van der Waals surface area contributed by atoms with Gasteiger partial charge < -0.3 is 15.4 Å². The van der Waals surface area contributed by atoms with E-state index in [-0.39, 0.29) is 0 Å². The van der Waals surface area contributed by atoms with Crippen LogP contribution in [0.4, 0.5) is 0 Å². The molecule has 0 unspecified atom stereocenters. The summed E-state index contributed by atoms with van der Waals surface area (Å²) in [6.45, 7) is 2.20. The fourth-order valence-electron chi connectivity index (χ4n) is 1.77. The molecule has 1 aromatic heterocycles. The van der Waals surface area contributed by atoms with E-state index in [4.69, 9.17) is 5.11 Å². The van der Waals surface area contributed by atoms with Crippen molar-refractivity contribution in [1.29, 1.82) is 0 Å². The first-order chi connectivity index (χ1) is 9.08. The van der Waals surface area contributed by atoms with Gasteiger partial charge in [0.05, 0.1) is 0 Å². The summed E-state index contributed by atoms with van der Waals surface area (Å²) in [4.78, 5) is 12.2. The van der Waals surface area contributed by atoms with Crippen LogP contribution in [0.5, 0.6) is 0 Å². The second-order valence-corrected chi connectivity index (χ2v) is 5.27. The molecule has 98 valence electrons. The predicted octanol–water partition coefficient (Wildman–Crippen LogP) is 2.31. The molecule has 2 rings (SSSR count). The van der Waals surface area contributed by atoms with Crippen molar-refractivity contribution in [3.63, 3.8) is 0 Å². The Morgan fingerprint density at radius 3 is 2.68 bits per heavy atom. The Kier molecular flexibility index (Phi) is 4.37. The summed E-state index contributed by atoms with van der Waals surface area (Å²) >= 11 is 1.25. The van der Waals surface area contributed by atoms with Crippen molar-refractivity contribution in [3.05, 3.63) is 46.8 Å². The Morgan fingerprint density at radius 2 is 2.05 bits per heavy atom. The number of hydrogen-bond acceptors (Lipinski definition) is 4. The summed E-state index contributed by atoms with van der Waals surface area (Å²) in [6.07, 6.45) is 0. The van der Waals surface area contributed by atoms with E-state index in [9.17, 15) is 9.82 Å². The molecule has 1 heterocycles. The summed E-state index contributed by atoms with van der Waals surface area (Å²) in [5.41, 5.74) is 2.02. The number of carboxylic acid groups (broad SMARTS) is 1. The average Bonchev–Trinajstić information content (AvgIpc) is 2.86. The maximum absolute atomic E-state index is 10.9. The molecule has 2 aromatic rings. The van der Waals surface area contributed by atoms with Gasteiger partial charge in [0.1, 0.15) is 4.88 Å². The fraction of sp³-hybridized carbons (Fsp3) is 0.154. The minimum Gasteiger partial charge on any atom is -0.477 e. The summed E-state index contributed by atoms with van der Waals surface area (Å²) in [5, 5.41) is 21.2. The van der Waals surface area contributed by atoms with E-state index >= 15 is 0 Å². The molecule has 6 heteroatoms. The van der Waals surface area contributed by atoms with Gasteiger partial charge in [-0.2, -0.15) is 0 Å². The Balaban J connectivity index is 2.30. The molecule has 0 saturated carbocycles. The molecule has 0 atom stereocenters. The van der Waals surface area contributed by atoms with Crippen LogP contribution in [-0.4, -0.2) is 23.2 Å². The summed E-state index contributed by atoms with van der Waals surface area (Å²) in [5.74, 6) is -0.907. The van der Waals surface area contributed by atoms with Crippen molar-refractivity contribution < 1.29 is 14.9 Å². The van der Waals surface area contributed by atoms with Crippen molar-refractivity contribution >= 4 is 24.4 Å². The fourth-order valence-corrected chi connectivity index (χ4v) is 2.68. The zero-order valence-electron chi connectivity index (χ0n) is 10.5. The molecular formula is C13H14BNO3S. The van der Waals surface area contributed by atoms with Gasteiger partial charge in [-0.05, 0) is 30.1 Å². The highest BCUT2D eigenvalue weighted by molar-refractivity contribution is 7.17. The lowest BCUT2D eigenvalue weighted by Crippen LogP contribution is -2.29. The smallest absolute Gasteiger partial charge is 0.373 e. The Morgan fingerprint density at radius 1 is 1.32 bits per heavy atom. The molecule has 0 fully saturated rings. The van der Waals surface area contributed by atoms with Gasteiger partial charge in [0.25, 0.3) is 0 Å². The van der Waals surface area contributed by atoms with Crippen molar-refractivity contribution in [1.82, 2.24) is 5.23 Å². The molecule has 0 saturated heterocycles. The van der Waals surface area contributed by atoms with Gasteiger partial charge in [-0.1, -0.05) is 24.3 Å². The summed E-state index contributed by atoms with van der Waals surface area (Å²) < 4.78 is 0. The molecule has 0 aliphatic rings. The zero-order valence-corrected chi connectivity index (χ0v) is 11.3. The van der Waals surface area contributed by atoms with Gasteiger partial charge in [-0.25, -0.2) is 4.79 Å². The summed E-state index contributed by atoms with van der Waals surface area (Å²) in [7, 11) is -0.578. The minimum absolute atomic E-state index is 0.327. The monoisotopic (exact) mass is 275 g/mol. The number of aromatic carboxylic acids is 1. The van der Waals surface area contributed by atoms with E-state index in [1.807, 2.05) is 30.3 Å². The highest BCUT2D eigenvalue weighted by atomic mass is 32.1. The molecular weight excluding hydrogens is 261 g/mol. The van der Waals surface area contributed by atoms with Crippen molar-refractivity contribution in [2.75, 3.05) is 0 Å². The Bertz CT molecular complexity index is 583. The van der Waals surface area contributed by atoms with Crippen LogP contribution in [-0.2, 0) is 6.54 Å². The number of nitrogens with one attached hydrogen (secondary N) is 1. The lowest BCUT2D eigenvalue weighted by atomic mass is 9.88. The molecule has 4 nitrogen and oxygen atoms in total. The van der Waals surface area contributed by atoms with E-state index in [0.717, 1.165) is 16.0 Å². The van der Waals surface area contributed by atoms with E-state index in [0.29, 0.717) is 11.4 Å². The first kappa shape index (κ1) is 13.8. The Hall–Kier alpha value is -1.63. The van der Waals surface area contributed by atoms with Crippen molar-refractivity contribution in [2.45, 2.75) is 13.4 Å². The highest BCUT2D eigenvalue weighted by Crippen LogP contribution is 2.30. The van der Waals surface area contributed by atoms with Crippen LogP contribution in [0.15, 0.2) is 36.4 Å². The first-order valence-corrected chi connectivity index (χ1v) is 6.72. The first-order valence-electron chi connectivity index (χ1n) is 5.91. The lowest BCUT2D eigenvalue weighted by molar-refractivity contribution is 0.0702. The molecule has 0 spiro atoms. The molecule has 1 aromatic carbocycles. The quantitative estimate of drug-likeness (QED) is 0.732. The Labute approximate surface area is 115 Å². The molecule has 0 aliphatic carbocycles. The number of carbonyl (C=O) groups is 1. The van der Waals surface area contributed by atoms with Crippen LogP contribution in [0.25, 0.3) is 10.4 Å². The third-order valence-electron chi connectivity index (χ3n) is 2.69. The van der Waals surface area contributed by atoms with Crippen LogP contribution in [0.3, 0.4) is 0 Å². The van der Waals surface area contributed by atoms with E-state index in [2.05, 4.69) is 5.23 Å². The van der Waals surface area contributed by atoms with Gasteiger partial charge in [0.15, 0.2) is 0 Å². The number of thiophene rings is 1. The van der Waals surface area contributed by atoms with Gasteiger partial charge >= 0.3 is 13.0 Å². The highest BCUT2D eigenvalue weighted by Gasteiger charge is 2.11. The number of rotatable bonds is 5. The normalized spacial score (nSPS) is 10.4. The minimum atomic E-state index is -0.907. The predicted molar refractivity (Wildman–Crippen MR) is 77.4 cm³/mol. The van der Waals surface area contributed by atoms with E-state index in [1.54, 1.807) is 12.9 Å². The zero-order chi connectivity index (χ0) is 13.8. The topological polar surface area (TPSA) is 69.6 Å². The van der Waals surface area contributed by atoms with Gasteiger partial charge in [-0.3, -0.25) is 0 Å². The van der Waals surface area contributed by atoms with Crippen LogP contribution in [0.1, 0.15) is 15.2 Å². The number of benzene rings is 1. The molecule has 0 aliphatic heterocycles. The third kappa shape index (κ3) is 3.44. The maximum atomic E-state index is 10.9. The second kappa shape index (κ2) is 6.01. The van der Waals surface area contributed by atoms with Crippen LogP contribution in [0.2, 0.25) is 6.82 Å². The molecule has 0 radical (unpaired) electrons.